The van der Waals surface area contributed by atoms with Crippen molar-refractivity contribution < 1.29 is 12.8 Å². The van der Waals surface area contributed by atoms with Gasteiger partial charge in [-0.2, -0.15) is 0 Å². The van der Waals surface area contributed by atoms with Gasteiger partial charge in [-0.05, 0) is 49.7 Å². The lowest BCUT2D eigenvalue weighted by Crippen LogP contribution is -2.28. The van der Waals surface area contributed by atoms with Crippen LogP contribution in [0.25, 0.3) is 11.0 Å². The van der Waals surface area contributed by atoms with Crippen molar-refractivity contribution in [1.82, 2.24) is 10.0 Å². The highest BCUT2D eigenvalue weighted by atomic mass is 32.2. The topological polar surface area (TPSA) is 71.3 Å². The molecule has 0 aliphatic carbocycles. The second kappa shape index (κ2) is 7.06. The van der Waals surface area contributed by atoms with E-state index in [9.17, 15) is 8.42 Å². The minimum Gasteiger partial charge on any atom is -0.464 e. The molecule has 0 atom stereocenters. The Morgan fingerprint density at radius 1 is 1.19 bits per heavy atom. The van der Waals surface area contributed by atoms with Crippen LogP contribution in [0.5, 0.6) is 0 Å². The summed E-state index contributed by atoms with van der Waals surface area (Å²) in [4.78, 5) is 0.270. The number of fused-ring (bicyclic) bond motifs is 1. The maximum atomic E-state index is 12.2. The Bertz CT molecular complexity index is 677. The van der Waals surface area contributed by atoms with E-state index < -0.39 is 10.0 Å². The fourth-order valence-electron chi connectivity index (χ4n) is 2.01. The standard InChI is InChI=1S/C15H22N2O3S/c1-12(2)11-16-7-3-8-17-21(18,19)14-4-5-15-13(10-14)6-9-20-15/h4-6,9-10,12,16-17H,3,7-8,11H2,1-2H3. The minimum absolute atomic E-state index is 0.270. The van der Waals surface area contributed by atoms with Crippen molar-refractivity contribution in [2.75, 3.05) is 19.6 Å². The fourth-order valence-corrected chi connectivity index (χ4v) is 3.11. The molecule has 116 valence electrons. The molecule has 1 heterocycles. The smallest absolute Gasteiger partial charge is 0.240 e. The third-order valence-corrected chi connectivity index (χ3v) is 4.57. The van der Waals surface area contributed by atoms with Gasteiger partial charge in [0.1, 0.15) is 5.58 Å². The van der Waals surface area contributed by atoms with Gasteiger partial charge in [0.2, 0.25) is 10.0 Å². The number of hydrogen-bond donors (Lipinski definition) is 2. The lowest BCUT2D eigenvalue weighted by molar-refractivity contribution is 0.537. The zero-order valence-corrected chi connectivity index (χ0v) is 13.2. The summed E-state index contributed by atoms with van der Waals surface area (Å²) in [5.74, 6) is 0.600. The molecule has 0 saturated carbocycles. The molecule has 0 spiro atoms. The molecule has 21 heavy (non-hydrogen) atoms. The van der Waals surface area contributed by atoms with Crippen molar-refractivity contribution >= 4 is 21.0 Å². The van der Waals surface area contributed by atoms with E-state index in [1.54, 1.807) is 30.5 Å². The van der Waals surface area contributed by atoms with Gasteiger partial charge in [0, 0.05) is 11.9 Å². The number of benzene rings is 1. The molecule has 1 aromatic heterocycles. The van der Waals surface area contributed by atoms with E-state index in [2.05, 4.69) is 23.9 Å². The third-order valence-electron chi connectivity index (χ3n) is 3.11. The summed E-state index contributed by atoms with van der Waals surface area (Å²) >= 11 is 0. The van der Waals surface area contributed by atoms with Crippen LogP contribution in [-0.2, 0) is 10.0 Å². The van der Waals surface area contributed by atoms with Crippen molar-refractivity contribution in [3.05, 3.63) is 30.5 Å². The SMILES string of the molecule is CC(C)CNCCCNS(=O)(=O)c1ccc2occc2c1. The lowest BCUT2D eigenvalue weighted by Gasteiger charge is -2.09. The minimum atomic E-state index is -3.45. The molecule has 2 rings (SSSR count). The quantitative estimate of drug-likeness (QED) is 0.734. The molecule has 0 bridgehead atoms. The molecule has 0 radical (unpaired) electrons. The van der Waals surface area contributed by atoms with Gasteiger partial charge in [-0.3, -0.25) is 0 Å². The third kappa shape index (κ3) is 4.56. The van der Waals surface area contributed by atoms with E-state index in [4.69, 9.17) is 4.42 Å². The summed E-state index contributed by atoms with van der Waals surface area (Å²) < 4.78 is 32.2. The highest BCUT2D eigenvalue weighted by Gasteiger charge is 2.14. The predicted octanol–water partition coefficient (Wildman–Crippen LogP) is 2.35. The van der Waals surface area contributed by atoms with Crippen LogP contribution in [0.3, 0.4) is 0 Å². The summed E-state index contributed by atoms with van der Waals surface area (Å²) in [5.41, 5.74) is 0.687. The Labute approximate surface area is 125 Å². The highest BCUT2D eigenvalue weighted by Crippen LogP contribution is 2.19. The number of sulfonamides is 1. The molecular formula is C15H22N2O3S. The van der Waals surface area contributed by atoms with Gasteiger partial charge in [-0.25, -0.2) is 13.1 Å². The van der Waals surface area contributed by atoms with Crippen LogP contribution >= 0.6 is 0 Å². The Kier molecular flexibility index (Phi) is 5.39. The van der Waals surface area contributed by atoms with Crippen LogP contribution in [0.2, 0.25) is 0 Å². The lowest BCUT2D eigenvalue weighted by atomic mass is 10.2. The average Bonchev–Trinajstić information content (AvgIpc) is 2.89. The summed E-state index contributed by atoms with van der Waals surface area (Å²) in [6.45, 7) is 6.46. The first-order valence-corrected chi connectivity index (χ1v) is 8.65. The van der Waals surface area contributed by atoms with Crippen LogP contribution < -0.4 is 10.0 Å². The summed E-state index contributed by atoms with van der Waals surface area (Å²) in [6.07, 6.45) is 2.31. The van der Waals surface area contributed by atoms with Gasteiger partial charge in [-0.15, -0.1) is 0 Å². The predicted molar refractivity (Wildman–Crippen MR) is 83.7 cm³/mol. The van der Waals surface area contributed by atoms with Gasteiger partial charge in [0.15, 0.2) is 0 Å². The van der Waals surface area contributed by atoms with Crippen LogP contribution in [0.4, 0.5) is 0 Å². The van der Waals surface area contributed by atoms with Crippen molar-refractivity contribution in [2.45, 2.75) is 25.2 Å². The van der Waals surface area contributed by atoms with Crippen molar-refractivity contribution in [3.8, 4) is 0 Å². The Morgan fingerprint density at radius 2 is 2.00 bits per heavy atom. The molecule has 0 amide bonds. The van der Waals surface area contributed by atoms with E-state index in [-0.39, 0.29) is 4.90 Å². The Balaban J connectivity index is 1.86. The van der Waals surface area contributed by atoms with Gasteiger partial charge < -0.3 is 9.73 Å². The molecule has 0 saturated heterocycles. The zero-order chi connectivity index (χ0) is 15.3. The number of nitrogens with one attached hydrogen (secondary N) is 2. The molecule has 5 nitrogen and oxygen atoms in total. The van der Waals surface area contributed by atoms with Crippen molar-refractivity contribution in [1.29, 1.82) is 0 Å². The maximum Gasteiger partial charge on any atom is 0.240 e. The highest BCUT2D eigenvalue weighted by molar-refractivity contribution is 7.89. The molecule has 0 aliphatic rings. The normalized spacial score (nSPS) is 12.3. The molecule has 0 fully saturated rings. The van der Waals surface area contributed by atoms with Gasteiger partial charge >= 0.3 is 0 Å². The fraction of sp³-hybridized carbons (Fsp3) is 0.467. The van der Waals surface area contributed by atoms with E-state index in [0.717, 1.165) is 24.9 Å². The molecule has 2 N–H and O–H groups in total. The summed E-state index contributed by atoms with van der Waals surface area (Å²) in [5, 5.41) is 4.07. The van der Waals surface area contributed by atoms with E-state index in [1.165, 1.54) is 0 Å². The number of rotatable bonds is 8. The Morgan fingerprint density at radius 3 is 2.76 bits per heavy atom. The average molecular weight is 310 g/mol. The number of hydrogen-bond acceptors (Lipinski definition) is 4. The first-order valence-electron chi connectivity index (χ1n) is 7.17. The van der Waals surface area contributed by atoms with Gasteiger partial charge in [0.05, 0.1) is 11.2 Å². The Hall–Kier alpha value is -1.37. The molecule has 0 unspecified atom stereocenters. The van der Waals surface area contributed by atoms with Crippen molar-refractivity contribution in [2.24, 2.45) is 5.92 Å². The van der Waals surface area contributed by atoms with E-state index in [0.29, 0.717) is 18.0 Å². The van der Waals surface area contributed by atoms with Gasteiger partial charge in [-0.1, -0.05) is 13.8 Å². The van der Waals surface area contributed by atoms with Crippen LogP contribution in [0.15, 0.2) is 39.8 Å². The first kappa shape index (κ1) is 16.0. The zero-order valence-electron chi connectivity index (χ0n) is 12.4. The first-order chi connectivity index (χ1) is 9.99. The molecule has 2 aromatic rings. The second-order valence-electron chi connectivity index (χ2n) is 5.47. The molecule has 6 heteroatoms. The molecule has 0 aliphatic heterocycles. The van der Waals surface area contributed by atoms with Crippen LogP contribution in [0.1, 0.15) is 20.3 Å². The molecular weight excluding hydrogens is 288 g/mol. The summed E-state index contributed by atoms with van der Waals surface area (Å²) in [7, 11) is -3.45. The number of furan rings is 1. The monoisotopic (exact) mass is 310 g/mol. The maximum absolute atomic E-state index is 12.2. The largest absolute Gasteiger partial charge is 0.464 e. The summed E-state index contributed by atoms with van der Waals surface area (Å²) in [6, 6.07) is 6.61. The van der Waals surface area contributed by atoms with Crippen LogP contribution in [-0.4, -0.2) is 28.1 Å². The van der Waals surface area contributed by atoms with E-state index in [1.807, 2.05) is 0 Å². The second-order valence-corrected chi connectivity index (χ2v) is 7.24. The van der Waals surface area contributed by atoms with Crippen LogP contribution in [0, 0.1) is 5.92 Å². The van der Waals surface area contributed by atoms with E-state index >= 15 is 0 Å². The molecule has 1 aromatic carbocycles. The van der Waals surface area contributed by atoms with Gasteiger partial charge in [0.25, 0.3) is 0 Å². The van der Waals surface area contributed by atoms with Crippen molar-refractivity contribution in [3.63, 3.8) is 0 Å².